The largest absolute Gasteiger partial charge is 0.379 e. The van der Waals surface area contributed by atoms with Gasteiger partial charge in [-0.1, -0.05) is 13.0 Å². The minimum Gasteiger partial charge on any atom is -0.379 e. The Morgan fingerprint density at radius 2 is 2.42 bits per heavy atom. The van der Waals surface area contributed by atoms with Crippen LogP contribution >= 0.6 is 0 Å². The molecule has 1 aromatic rings. The van der Waals surface area contributed by atoms with E-state index in [-0.39, 0.29) is 0 Å². The van der Waals surface area contributed by atoms with Crippen LogP contribution in [0.2, 0.25) is 0 Å². The van der Waals surface area contributed by atoms with Crippen LogP contribution in [0, 0.1) is 0 Å². The number of pyridine rings is 1. The second kappa shape index (κ2) is 7.58. The van der Waals surface area contributed by atoms with Crippen molar-refractivity contribution in [3.63, 3.8) is 0 Å². The summed E-state index contributed by atoms with van der Waals surface area (Å²) in [6, 6.07) is 7.13. The predicted molar refractivity (Wildman–Crippen MR) is 77.0 cm³/mol. The van der Waals surface area contributed by atoms with Crippen molar-refractivity contribution in [3.8, 4) is 0 Å². The lowest BCUT2D eigenvalue weighted by Crippen LogP contribution is -2.45. The molecule has 1 N–H and O–H groups in total. The number of nitrogens with zero attached hydrogens (tertiary/aromatic N) is 2. The second-order valence-corrected chi connectivity index (χ2v) is 5.19. The summed E-state index contributed by atoms with van der Waals surface area (Å²) < 4.78 is 5.52. The molecule has 2 rings (SSSR count). The van der Waals surface area contributed by atoms with Gasteiger partial charge in [-0.2, -0.15) is 0 Å². The van der Waals surface area contributed by atoms with Crippen molar-refractivity contribution in [2.45, 2.75) is 38.9 Å². The van der Waals surface area contributed by atoms with Crippen molar-refractivity contribution in [2.24, 2.45) is 0 Å². The van der Waals surface area contributed by atoms with Gasteiger partial charge in [-0.25, -0.2) is 0 Å². The maximum absolute atomic E-state index is 5.52. The fourth-order valence-electron chi connectivity index (χ4n) is 2.61. The van der Waals surface area contributed by atoms with E-state index in [1.165, 1.54) is 0 Å². The number of nitrogens with one attached hydrogen (secondary N) is 1. The number of hydrogen-bond donors (Lipinski definition) is 1. The van der Waals surface area contributed by atoms with Crippen molar-refractivity contribution in [2.75, 3.05) is 26.3 Å². The van der Waals surface area contributed by atoms with Crippen LogP contribution in [0.3, 0.4) is 0 Å². The summed E-state index contributed by atoms with van der Waals surface area (Å²) in [6.45, 7) is 9.13. The van der Waals surface area contributed by atoms with Crippen LogP contribution in [0.15, 0.2) is 24.4 Å². The fraction of sp³-hybridized carbons (Fsp3) is 0.667. The van der Waals surface area contributed by atoms with E-state index in [4.69, 9.17) is 4.74 Å². The van der Waals surface area contributed by atoms with Crippen molar-refractivity contribution in [1.29, 1.82) is 0 Å². The van der Waals surface area contributed by atoms with Crippen LogP contribution in [-0.2, 0) is 11.3 Å². The number of rotatable bonds is 6. The SMILES string of the molecule is CCN(Cc1ccccn1)C(C)CC1COCCN1. The first-order valence-electron chi connectivity index (χ1n) is 7.24. The van der Waals surface area contributed by atoms with Crippen LogP contribution in [-0.4, -0.2) is 48.3 Å². The number of ether oxygens (including phenoxy) is 1. The highest BCUT2D eigenvalue weighted by Crippen LogP contribution is 2.12. The van der Waals surface area contributed by atoms with E-state index < -0.39 is 0 Å². The molecule has 0 saturated carbocycles. The molecule has 1 aliphatic heterocycles. The molecule has 1 saturated heterocycles. The molecular formula is C15H25N3O. The van der Waals surface area contributed by atoms with Gasteiger partial charge in [0.2, 0.25) is 0 Å². The fourth-order valence-corrected chi connectivity index (χ4v) is 2.61. The van der Waals surface area contributed by atoms with Crippen LogP contribution in [0.1, 0.15) is 26.0 Å². The molecule has 0 aromatic carbocycles. The summed E-state index contributed by atoms with van der Waals surface area (Å²) in [5.41, 5.74) is 1.14. The quantitative estimate of drug-likeness (QED) is 0.847. The van der Waals surface area contributed by atoms with Crippen molar-refractivity contribution in [3.05, 3.63) is 30.1 Å². The normalized spacial score (nSPS) is 21.5. The summed E-state index contributed by atoms with van der Waals surface area (Å²) in [5.74, 6) is 0. The van der Waals surface area contributed by atoms with Crippen LogP contribution in [0.25, 0.3) is 0 Å². The smallest absolute Gasteiger partial charge is 0.0620 e. The summed E-state index contributed by atoms with van der Waals surface area (Å²) in [5, 5.41) is 3.53. The Hall–Kier alpha value is -0.970. The minimum absolute atomic E-state index is 0.488. The van der Waals surface area contributed by atoms with Gasteiger partial charge in [-0.05, 0) is 32.0 Å². The first-order chi connectivity index (χ1) is 9.29. The van der Waals surface area contributed by atoms with Crippen molar-refractivity contribution in [1.82, 2.24) is 15.2 Å². The van der Waals surface area contributed by atoms with Crippen LogP contribution in [0.5, 0.6) is 0 Å². The zero-order valence-corrected chi connectivity index (χ0v) is 12.0. The molecule has 0 aliphatic carbocycles. The lowest BCUT2D eigenvalue weighted by Gasteiger charge is -2.32. The van der Waals surface area contributed by atoms with Gasteiger partial charge >= 0.3 is 0 Å². The highest BCUT2D eigenvalue weighted by molar-refractivity contribution is 5.03. The van der Waals surface area contributed by atoms with E-state index in [1.54, 1.807) is 0 Å². The molecule has 4 heteroatoms. The van der Waals surface area contributed by atoms with Gasteiger partial charge < -0.3 is 10.1 Å². The summed E-state index contributed by atoms with van der Waals surface area (Å²) >= 11 is 0. The number of hydrogen-bond acceptors (Lipinski definition) is 4. The third-order valence-corrected chi connectivity index (χ3v) is 3.74. The molecule has 2 heterocycles. The zero-order chi connectivity index (χ0) is 13.5. The van der Waals surface area contributed by atoms with E-state index in [0.29, 0.717) is 12.1 Å². The predicted octanol–water partition coefficient (Wildman–Crippen LogP) is 1.67. The van der Waals surface area contributed by atoms with E-state index >= 15 is 0 Å². The molecule has 4 nitrogen and oxygen atoms in total. The van der Waals surface area contributed by atoms with Gasteiger partial charge in [0.15, 0.2) is 0 Å². The molecule has 1 aliphatic rings. The molecule has 0 radical (unpaired) electrons. The molecule has 0 spiro atoms. The van der Waals surface area contributed by atoms with Gasteiger partial charge in [0, 0.05) is 31.4 Å². The maximum atomic E-state index is 5.52. The number of aromatic nitrogens is 1. The molecule has 2 unspecified atom stereocenters. The molecule has 19 heavy (non-hydrogen) atoms. The van der Waals surface area contributed by atoms with Crippen molar-refractivity contribution >= 4 is 0 Å². The Morgan fingerprint density at radius 3 is 3.05 bits per heavy atom. The Morgan fingerprint density at radius 1 is 1.53 bits per heavy atom. The Kier molecular flexibility index (Phi) is 5.76. The Bertz CT molecular complexity index is 352. The average molecular weight is 263 g/mol. The zero-order valence-electron chi connectivity index (χ0n) is 12.0. The van der Waals surface area contributed by atoms with Gasteiger partial charge in [-0.15, -0.1) is 0 Å². The first-order valence-corrected chi connectivity index (χ1v) is 7.24. The molecular weight excluding hydrogens is 238 g/mol. The molecule has 1 fully saturated rings. The van der Waals surface area contributed by atoms with Crippen molar-refractivity contribution < 1.29 is 4.74 Å². The molecule has 2 atom stereocenters. The monoisotopic (exact) mass is 263 g/mol. The Balaban J connectivity index is 1.85. The maximum Gasteiger partial charge on any atom is 0.0620 e. The summed E-state index contributed by atoms with van der Waals surface area (Å²) in [7, 11) is 0. The summed E-state index contributed by atoms with van der Waals surface area (Å²) in [4.78, 5) is 6.88. The van der Waals surface area contributed by atoms with Gasteiger partial charge in [0.25, 0.3) is 0 Å². The van der Waals surface area contributed by atoms with Gasteiger partial charge in [-0.3, -0.25) is 9.88 Å². The lowest BCUT2D eigenvalue weighted by molar-refractivity contribution is 0.0614. The first kappa shape index (κ1) is 14.4. The molecule has 0 bridgehead atoms. The van der Waals surface area contributed by atoms with E-state index in [0.717, 1.165) is 45.0 Å². The Labute approximate surface area is 116 Å². The standard InChI is InChI=1S/C15H25N3O/c1-3-18(11-14-6-4-5-7-16-14)13(2)10-15-12-19-9-8-17-15/h4-7,13,15,17H,3,8-12H2,1-2H3. The summed E-state index contributed by atoms with van der Waals surface area (Å²) in [6.07, 6.45) is 2.99. The average Bonchev–Trinajstić information content (AvgIpc) is 2.47. The molecule has 1 aromatic heterocycles. The topological polar surface area (TPSA) is 37.4 Å². The van der Waals surface area contributed by atoms with E-state index in [2.05, 4.69) is 41.2 Å². The molecule has 0 amide bonds. The molecule has 106 valence electrons. The second-order valence-electron chi connectivity index (χ2n) is 5.19. The van der Waals surface area contributed by atoms with E-state index in [1.807, 2.05) is 12.3 Å². The highest BCUT2D eigenvalue weighted by Gasteiger charge is 2.20. The minimum atomic E-state index is 0.488. The highest BCUT2D eigenvalue weighted by atomic mass is 16.5. The third kappa shape index (κ3) is 4.56. The van der Waals surface area contributed by atoms with Crippen LogP contribution in [0.4, 0.5) is 0 Å². The lowest BCUT2D eigenvalue weighted by atomic mass is 10.1. The third-order valence-electron chi connectivity index (χ3n) is 3.74. The van der Waals surface area contributed by atoms with Crippen LogP contribution < -0.4 is 5.32 Å². The van der Waals surface area contributed by atoms with Gasteiger partial charge in [0.05, 0.1) is 18.9 Å². The van der Waals surface area contributed by atoms with E-state index in [9.17, 15) is 0 Å². The van der Waals surface area contributed by atoms with Gasteiger partial charge in [0.1, 0.15) is 0 Å². The number of morpholine rings is 1.